The fourth-order valence-electron chi connectivity index (χ4n) is 1.06. The highest BCUT2D eigenvalue weighted by molar-refractivity contribution is 7.89. The molecule has 0 aromatic heterocycles. The van der Waals surface area contributed by atoms with Crippen molar-refractivity contribution in [3.05, 3.63) is 29.3 Å². The number of sulfonamides is 1. The highest BCUT2D eigenvalue weighted by atomic mass is 32.2. The van der Waals surface area contributed by atoms with Crippen molar-refractivity contribution in [1.29, 1.82) is 0 Å². The Labute approximate surface area is 96.2 Å². The number of nitrogens with two attached hydrogens (primary N) is 1. The third-order valence-corrected chi connectivity index (χ3v) is 2.76. The van der Waals surface area contributed by atoms with E-state index in [1.54, 1.807) is 0 Å². The molecule has 0 bridgehead atoms. The second-order valence-corrected chi connectivity index (χ2v) is 4.75. The molecule has 0 aliphatic carbocycles. The van der Waals surface area contributed by atoms with E-state index in [0.717, 1.165) is 6.92 Å². The minimum Gasteiger partial charge on any atom is -0.461 e. The summed E-state index contributed by atoms with van der Waals surface area (Å²) in [7, 11) is -4.18. The van der Waals surface area contributed by atoms with Gasteiger partial charge in [-0.3, -0.25) is 4.79 Å². The van der Waals surface area contributed by atoms with Gasteiger partial charge in [-0.1, -0.05) is 0 Å². The summed E-state index contributed by atoms with van der Waals surface area (Å²) in [6.07, 6.45) is 0. The summed E-state index contributed by atoms with van der Waals surface area (Å²) in [5.41, 5.74) is -0.535. The average molecular weight is 265 g/mol. The van der Waals surface area contributed by atoms with Crippen LogP contribution >= 0.6 is 0 Å². The average Bonchev–Trinajstić information content (AvgIpc) is 2.14. The molecule has 17 heavy (non-hydrogen) atoms. The van der Waals surface area contributed by atoms with Gasteiger partial charge in [0.2, 0.25) is 10.0 Å². The second-order valence-electron chi connectivity index (χ2n) is 3.19. The van der Waals surface area contributed by atoms with Crippen molar-refractivity contribution in [3.63, 3.8) is 0 Å². The fraction of sp³-hybridized carbons (Fsp3) is 0.222. The standard InChI is InChI=1S/C9H9F2NO4S/c1-5(13)16-4-7-8(10)2-6(3-9(7)11)17(12,14)15/h2-3H,4H2,1H3,(H2,12,14,15). The summed E-state index contributed by atoms with van der Waals surface area (Å²) in [4.78, 5) is 9.80. The van der Waals surface area contributed by atoms with Crippen LogP contribution in [0.4, 0.5) is 8.78 Å². The molecule has 94 valence electrons. The molecule has 0 spiro atoms. The fourth-order valence-corrected chi connectivity index (χ4v) is 1.59. The highest BCUT2D eigenvalue weighted by Gasteiger charge is 2.17. The van der Waals surface area contributed by atoms with E-state index in [9.17, 15) is 22.0 Å². The summed E-state index contributed by atoms with van der Waals surface area (Å²) in [5.74, 6) is -3.00. The van der Waals surface area contributed by atoms with Crippen LogP contribution in [0.3, 0.4) is 0 Å². The number of hydrogen-bond acceptors (Lipinski definition) is 4. The monoisotopic (exact) mass is 265 g/mol. The van der Waals surface area contributed by atoms with Gasteiger partial charge in [-0.25, -0.2) is 22.3 Å². The van der Waals surface area contributed by atoms with E-state index in [0.29, 0.717) is 12.1 Å². The molecular weight excluding hydrogens is 256 g/mol. The third-order valence-electron chi connectivity index (χ3n) is 1.86. The maximum atomic E-state index is 13.3. The molecule has 0 heterocycles. The van der Waals surface area contributed by atoms with Crippen molar-refractivity contribution < 1.29 is 26.7 Å². The van der Waals surface area contributed by atoms with Crippen LogP contribution in [0.15, 0.2) is 17.0 Å². The molecule has 0 fully saturated rings. The van der Waals surface area contributed by atoms with E-state index in [4.69, 9.17) is 5.14 Å². The number of halogens is 2. The number of carbonyl (C=O) groups excluding carboxylic acids is 1. The molecule has 0 unspecified atom stereocenters. The van der Waals surface area contributed by atoms with Crippen LogP contribution in [0.2, 0.25) is 0 Å². The SMILES string of the molecule is CC(=O)OCc1c(F)cc(S(N)(=O)=O)cc1F. The second kappa shape index (κ2) is 4.76. The zero-order valence-corrected chi connectivity index (χ0v) is 9.55. The van der Waals surface area contributed by atoms with Crippen LogP contribution in [0.1, 0.15) is 12.5 Å². The molecule has 5 nitrogen and oxygen atoms in total. The van der Waals surface area contributed by atoms with Gasteiger partial charge in [0.25, 0.3) is 0 Å². The van der Waals surface area contributed by atoms with Gasteiger partial charge in [0.15, 0.2) is 0 Å². The molecule has 1 aromatic carbocycles. The predicted molar refractivity (Wildman–Crippen MR) is 53.2 cm³/mol. The van der Waals surface area contributed by atoms with Crippen molar-refractivity contribution in [2.75, 3.05) is 0 Å². The lowest BCUT2D eigenvalue weighted by Crippen LogP contribution is -2.14. The molecular formula is C9H9F2NO4S. The number of hydrogen-bond donors (Lipinski definition) is 1. The van der Waals surface area contributed by atoms with E-state index < -0.39 is 44.7 Å². The molecule has 2 N–H and O–H groups in total. The summed E-state index contributed by atoms with van der Waals surface area (Å²) in [6, 6.07) is 1.13. The number of esters is 1. The lowest BCUT2D eigenvalue weighted by Gasteiger charge is -2.07. The first-order valence-corrected chi connectivity index (χ1v) is 5.90. The maximum absolute atomic E-state index is 13.3. The van der Waals surface area contributed by atoms with Crippen molar-refractivity contribution in [2.45, 2.75) is 18.4 Å². The largest absolute Gasteiger partial charge is 0.461 e. The molecule has 0 saturated carbocycles. The van der Waals surface area contributed by atoms with Gasteiger partial charge in [0, 0.05) is 6.92 Å². The Kier molecular flexibility index (Phi) is 3.79. The highest BCUT2D eigenvalue weighted by Crippen LogP contribution is 2.18. The first-order valence-electron chi connectivity index (χ1n) is 4.36. The van der Waals surface area contributed by atoms with E-state index in [1.807, 2.05) is 0 Å². The van der Waals surface area contributed by atoms with Gasteiger partial charge in [0.05, 0.1) is 10.5 Å². The molecule has 0 aliphatic rings. The molecule has 8 heteroatoms. The predicted octanol–water partition coefficient (Wildman–Crippen LogP) is 0.675. The van der Waals surface area contributed by atoms with Crippen LogP contribution in [-0.2, 0) is 26.2 Å². The van der Waals surface area contributed by atoms with Crippen molar-refractivity contribution in [3.8, 4) is 0 Å². The topological polar surface area (TPSA) is 86.5 Å². The Morgan fingerprint density at radius 3 is 2.18 bits per heavy atom. The Balaban J connectivity index is 3.15. The molecule has 1 rings (SSSR count). The molecule has 0 atom stereocenters. The van der Waals surface area contributed by atoms with Crippen LogP contribution in [0.25, 0.3) is 0 Å². The third kappa shape index (κ3) is 3.46. The van der Waals surface area contributed by atoms with E-state index >= 15 is 0 Å². The van der Waals surface area contributed by atoms with Crippen LogP contribution in [-0.4, -0.2) is 14.4 Å². The summed E-state index contributed by atoms with van der Waals surface area (Å²) < 4.78 is 52.8. The van der Waals surface area contributed by atoms with Crippen LogP contribution in [0.5, 0.6) is 0 Å². The van der Waals surface area contributed by atoms with Crippen molar-refractivity contribution >= 4 is 16.0 Å². The lowest BCUT2D eigenvalue weighted by molar-refractivity contribution is -0.142. The van der Waals surface area contributed by atoms with Crippen LogP contribution < -0.4 is 5.14 Å². The minimum atomic E-state index is -4.18. The van der Waals surface area contributed by atoms with Crippen LogP contribution in [0, 0.1) is 11.6 Å². The number of ether oxygens (including phenoxy) is 1. The molecule has 0 aliphatic heterocycles. The molecule has 1 aromatic rings. The summed E-state index contributed by atoms with van der Waals surface area (Å²) in [6.45, 7) is 0.465. The zero-order chi connectivity index (χ0) is 13.2. The lowest BCUT2D eigenvalue weighted by atomic mass is 10.2. The zero-order valence-electron chi connectivity index (χ0n) is 8.74. The maximum Gasteiger partial charge on any atom is 0.302 e. The van der Waals surface area contributed by atoms with Crippen molar-refractivity contribution in [2.24, 2.45) is 5.14 Å². The molecule has 0 radical (unpaired) electrons. The number of benzene rings is 1. The van der Waals surface area contributed by atoms with Gasteiger partial charge in [0.1, 0.15) is 18.2 Å². The van der Waals surface area contributed by atoms with Gasteiger partial charge < -0.3 is 4.74 Å². The number of primary sulfonamides is 1. The van der Waals surface area contributed by atoms with E-state index in [1.165, 1.54) is 0 Å². The van der Waals surface area contributed by atoms with Gasteiger partial charge in [-0.2, -0.15) is 0 Å². The smallest absolute Gasteiger partial charge is 0.302 e. The summed E-state index contributed by atoms with van der Waals surface area (Å²) >= 11 is 0. The van der Waals surface area contributed by atoms with E-state index in [2.05, 4.69) is 4.74 Å². The van der Waals surface area contributed by atoms with Gasteiger partial charge in [-0.05, 0) is 12.1 Å². The number of rotatable bonds is 3. The molecule has 0 amide bonds. The normalized spacial score (nSPS) is 11.3. The van der Waals surface area contributed by atoms with E-state index in [-0.39, 0.29) is 0 Å². The quantitative estimate of drug-likeness (QED) is 0.814. The Hall–Kier alpha value is -1.54. The first-order chi connectivity index (χ1) is 7.71. The van der Waals surface area contributed by atoms with Gasteiger partial charge in [-0.15, -0.1) is 0 Å². The number of carbonyl (C=O) groups is 1. The first kappa shape index (κ1) is 13.5. The Morgan fingerprint density at radius 2 is 1.82 bits per heavy atom. The summed E-state index contributed by atoms with van der Waals surface area (Å²) in [5, 5.41) is 4.72. The van der Waals surface area contributed by atoms with Gasteiger partial charge >= 0.3 is 5.97 Å². The minimum absolute atomic E-state index is 0.535. The Bertz CT molecular complexity index is 533. The molecule has 0 saturated heterocycles. The Morgan fingerprint density at radius 1 is 1.35 bits per heavy atom. The van der Waals surface area contributed by atoms with Crippen molar-refractivity contribution in [1.82, 2.24) is 0 Å².